The van der Waals surface area contributed by atoms with Crippen LogP contribution in [0, 0.1) is 0 Å². The average molecular weight is 462 g/mol. The number of rotatable bonds is 7. The normalized spacial score (nSPS) is 12.0. The smallest absolute Gasteiger partial charge is 0.255 e. The summed E-state index contributed by atoms with van der Waals surface area (Å²) in [5.74, 6) is 2.08. The second-order valence-electron chi connectivity index (χ2n) is 7.52. The standard InChI is InChI=1S/C25H20ClN3O4/c26-20-9-5-4-8-19(20)25(30)29(15-17-6-2-1-3-7-17)13-12-23-27-24(28-33-23)18-10-11-21-22(14-18)32-16-31-21/h1-11,14H,12-13,15-16H2. The molecule has 5 rings (SSSR count). The van der Waals surface area contributed by atoms with Gasteiger partial charge in [0.15, 0.2) is 11.5 Å². The molecule has 0 aliphatic carbocycles. The number of halogens is 1. The minimum Gasteiger partial charge on any atom is -0.454 e. The van der Waals surface area contributed by atoms with Crippen LogP contribution in [-0.2, 0) is 13.0 Å². The van der Waals surface area contributed by atoms with Crippen molar-refractivity contribution in [3.63, 3.8) is 0 Å². The van der Waals surface area contributed by atoms with Gasteiger partial charge in [0, 0.05) is 25.1 Å². The number of carbonyl (C=O) groups is 1. The summed E-state index contributed by atoms with van der Waals surface area (Å²) in [7, 11) is 0. The molecule has 1 aromatic heterocycles. The third-order valence-corrected chi connectivity index (χ3v) is 5.63. The van der Waals surface area contributed by atoms with Gasteiger partial charge in [-0.15, -0.1) is 0 Å². The number of amides is 1. The van der Waals surface area contributed by atoms with Crippen molar-refractivity contribution in [3.8, 4) is 22.9 Å². The molecule has 0 unspecified atom stereocenters. The predicted octanol–water partition coefficient (Wildman–Crippen LogP) is 5.00. The van der Waals surface area contributed by atoms with Crippen molar-refractivity contribution in [1.82, 2.24) is 15.0 Å². The molecule has 8 heteroatoms. The van der Waals surface area contributed by atoms with Crippen molar-refractivity contribution < 1.29 is 18.8 Å². The minimum atomic E-state index is -0.153. The molecular weight excluding hydrogens is 442 g/mol. The highest BCUT2D eigenvalue weighted by Gasteiger charge is 2.21. The van der Waals surface area contributed by atoms with Crippen LogP contribution >= 0.6 is 11.6 Å². The minimum absolute atomic E-state index is 0.153. The molecule has 0 spiro atoms. The molecule has 0 atom stereocenters. The fourth-order valence-electron chi connectivity index (χ4n) is 3.60. The topological polar surface area (TPSA) is 77.7 Å². The Labute approximate surface area is 195 Å². The maximum Gasteiger partial charge on any atom is 0.255 e. The molecule has 2 heterocycles. The molecule has 4 aromatic rings. The lowest BCUT2D eigenvalue weighted by Gasteiger charge is -2.23. The van der Waals surface area contributed by atoms with Gasteiger partial charge in [0.2, 0.25) is 18.5 Å². The number of aromatic nitrogens is 2. The summed E-state index contributed by atoms with van der Waals surface area (Å²) in [6, 6.07) is 22.3. The largest absolute Gasteiger partial charge is 0.454 e. The maximum atomic E-state index is 13.3. The highest BCUT2D eigenvalue weighted by molar-refractivity contribution is 6.33. The van der Waals surface area contributed by atoms with Crippen LogP contribution < -0.4 is 9.47 Å². The maximum absolute atomic E-state index is 13.3. The van der Waals surface area contributed by atoms with Crippen LogP contribution in [0.25, 0.3) is 11.4 Å². The summed E-state index contributed by atoms with van der Waals surface area (Å²) < 4.78 is 16.2. The Balaban J connectivity index is 1.33. The highest BCUT2D eigenvalue weighted by Crippen LogP contribution is 2.35. The fourth-order valence-corrected chi connectivity index (χ4v) is 3.82. The van der Waals surface area contributed by atoms with Gasteiger partial charge in [-0.1, -0.05) is 59.2 Å². The molecule has 3 aromatic carbocycles. The van der Waals surface area contributed by atoms with E-state index in [4.69, 9.17) is 25.6 Å². The van der Waals surface area contributed by atoms with Crippen molar-refractivity contribution in [2.24, 2.45) is 0 Å². The Kier molecular flexibility index (Phi) is 5.95. The van der Waals surface area contributed by atoms with E-state index in [9.17, 15) is 4.79 Å². The molecule has 0 saturated carbocycles. The van der Waals surface area contributed by atoms with E-state index in [-0.39, 0.29) is 12.7 Å². The first-order valence-electron chi connectivity index (χ1n) is 10.5. The molecule has 0 bridgehead atoms. The zero-order chi connectivity index (χ0) is 22.6. The van der Waals surface area contributed by atoms with E-state index < -0.39 is 0 Å². The van der Waals surface area contributed by atoms with Gasteiger partial charge in [-0.05, 0) is 35.9 Å². The first-order valence-corrected chi connectivity index (χ1v) is 10.9. The summed E-state index contributed by atoms with van der Waals surface area (Å²) in [6.45, 7) is 1.03. The van der Waals surface area contributed by atoms with Gasteiger partial charge in [0.25, 0.3) is 5.91 Å². The Morgan fingerprint density at radius 1 is 0.970 bits per heavy atom. The Bertz CT molecular complexity index is 1280. The number of hydrogen-bond donors (Lipinski definition) is 0. The molecule has 1 aliphatic heterocycles. The van der Waals surface area contributed by atoms with E-state index in [2.05, 4.69) is 10.1 Å². The van der Waals surface area contributed by atoms with E-state index >= 15 is 0 Å². The molecule has 0 N–H and O–H groups in total. The Morgan fingerprint density at radius 2 is 1.76 bits per heavy atom. The SMILES string of the molecule is O=C(c1ccccc1Cl)N(CCc1nc(-c2ccc3c(c2)OCO3)no1)Cc1ccccc1. The number of hydrogen-bond acceptors (Lipinski definition) is 6. The van der Waals surface area contributed by atoms with E-state index in [1.807, 2.05) is 48.5 Å². The van der Waals surface area contributed by atoms with Crippen LogP contribution in [0.5, 0.6) is 11.5 Å². The highest BCUT2D eigenvalue weighted by atomic mass is 35.5. The number of nitrogens with zero attached hydrogens (tertiary/aromatic N) is 3. The van der Waals surface area contributed by atoms with E-state index in [0.29, 0.717) is 53.3 Å². The number of ether oxygens (including phenoxy) is 2. The van der Waals surface area contributed by atoms with Gasteiger partial charge >= 0.3 is 0 Å². The van der Waals surface area contributed by atoms with Gasteiger partial charge in [-0.2, -0.15) is 4.98 Å². The monoisotopic (exact) mass is 461 g/mol. The third-order valence-electron chi connectivity index (χ3n) is 5.30. The molecule has 1 aliphatic rings. The fraction of sp³-hybridized carbons (Fsp3) is 0.160. The Morgan fingerprint density at radius 3 is 2.61 bits per heavy atom. The zero-order valence-corrected chi connectivity index (χ0v) is 18.4. The molecule has 0 saturated heterocycles. The Hall–Kier alpha value is -3.84. The molecular formula is C25H20ClN3O4. The van der Waals surface area contributed by atoms with E-state index in [1.54, 1.807) is 29.2 Å². The predicted molar refractivity (Wildman–Crippen MR) is 122 cm³/mol. The van der Waals surface area contributed by atoms with Gasteiger partial charge < -0.3 is 18.9 Å². The van der Waals surface area contributed by atoms with Crippen molar-refractivity contribution in [2.75, 3.05) is 13.3 Å². The first-order chi connectivity index (χ1) is 16.2. The van der Waals surface area contributed by atoms with Gasteiger partial charge in [0.1, 0.15) is 0 Å². The van der Waals surface area contributed by atoms with E-state index in [0.717, 1.165) is 11.1 Å². The summed E-state index contributed by atoms with van der Waals surface area (Å²) in [5, 5.41) is 4.50. The lowest BCUT2D eigenvalue weighted by atomic mass is 10.1. The van der Waals surface area contributed by atoms with Gasteiger partial charge in [-0.25, -0.2) is 0 Å². The summed E-state index contributed by atoms with van der Waals surface area (Å²) in [4.78, 5) is 19.5. The lowest BCUT2D eigenvalue weighted by molar-refractivity contribution is 0.0742. The number of benzene rings is 3. The molecule has 0 fully saturated rings. The average Bonchev–Trinajstić information content (AvgIpc) is 3.51. The summed E-state index contributed by atoms with van der Waals surface area (Å²) >= 11 is 6.29. The van der Waals surface area contributed by atoms with Crippen molar-refractivity contribution in [2.45, 2.75) is 13.0 Å². The van der Waals surface area contributed by atoms with Crippen molar-refractivity contribution in [1.29, 1.82) is 0 Å². The number of carbonyl (C=O) groups excluding carboxylic acids is 1. The van der Waals surface area contributed by atoms with Crippen LogP contribution in [0.4, 0.5) is 0 Å². The van der Waals surface area contributed by atoms with Crippen LogP contribution in [-0.4, -0.2) is 34.3 Å². The summed E-state index contributed by atoms with van der Waals surface area (Å²) in [6.07, 6.45) is 0.403. The lowest BCUT2D eigenvalue weighted by Crippen LogP contribution is -2.32. The molecule has 166 valence electrons. The molecule has 1 amide bonds. The van der Waals surface area contributed by atoms with Gasteiger partial charge in [0.05, 0.1) is 10.6 Å². The second kappa shape index (κ2) is 9.34. The van der Waals surface area contributed by atoms with Crippen LogP contribution in [0.3, 0.4) is 0 Å². The molecule has 33 heavy (non-hydrogen) atoms. The van der Waals surface area contributed by atoms with Crippen LogP contribution in [0.15, 0.2) is 77.3 Å². The molecule has 7 nitrogen and oxygen atoms in total. The van der Waals surface area contributed by atoms with Crippen molar-refractivity contribution >= 4 is 17.5 Å². The van der Waals surface area contributed by atoms with Crippen LogP contribution in [0.1, 0.15) is 21.8 Å². The van der Waals surface area contributed by atoms with E-state index in [1.165, 1.54) is 0 Å². The second-order valence-corrected chi connectivity index (χ2v) is 7.93. The molecule has 0 radical (unpaired) electrons. The van der Waals surface area contributed by atoms with Crippen LogP contribution in [0.2, 0.25) is 5.02 Å². The quantitative estimate of drug-likeness (QED) is 0.385. The first kappa shape index (κ1) is 21.0. The zero-order valence-electron chi connectivity index (χ0n) is 17.6. The third kappa shape index (κ3) is 4.68. The summed E-state index contributed by atoms with van der Waals surface area (Å²) in [5.41, 5.74) is 2.24. The van der Waals surface area contributed by atoms with Gasteiger partial charge in [-0.3, -0.25) is 4.79 Å². The number of fused-ring (bicyclic) bond motifs is 1. The van der Waals surface area contributed by atoms with Crippen molar-refractivity contribution in [3.05, 3.63) is 94.8 Å².